The largest absolute Gasteiger partial charge is 0.507 e. The van der Waals surface area contributed by atoms with E-state index in [9.17, 15) is 9.90 Å². The Hall–Kier alpha value is -1.45. The van der Waals surface area contributed by atoms with E-state index in [1.54, 1.807) is 19.2 Å². The number of hydrogen-bond acceptors (Lipinski definition) is 6. The van der Waals surface area contributed by atoms with Gasteiger partial charge in [0.1, 0.15) is 10.8 Å². The Morgan fingerprint density at radius 3 is 3.08 bits per heavy atom. The Morgan fingerprint density at radius 2 is 2.32 bits per heavy atom. The number of halogens is 1. The molecule has 0 spiro atoms. The third kappa shape index (κ3) is 4.04. The highest BCUT2D eigenvalue weighted by Crippen LogP contribution is 2.39. The van der Waals surface area contributed by atoms with Crippen molar-refractivity contribution in [1.82, 2.24) is 4.90 Å². The Morgan fingerprint density at radius 1 is 1.52 bits per heavy atom. The first-order valence-corrected chi connectivity index (χ1v) is 9.92. The molecule has 0 saturated carbocycles. The molecule has 2 aromatic rings. The molecule has 0 radical (unpaired) electrons. The number of ether oxygens (including phenoxy) is 1. The fourth-order valence-electron chi connectivity index (χ4n) is 2.78. The predicted molar refractivity (Wildman–Crippen MR) is 108 cm³/mol. The molecule has 0 amide bonds. The molecule has 25 heavy (non-hydrogen) atoms. The number of esters is 1. The molecule has 7 heteroatoms. The minimum atomic E-state index is -0.316. The van der Waals surface area contributed by atoms with Gasteiger partial charge in [0.05, 0.1) is 12.2 Å². The number of benzene rings is 1. The van der Waals surface area contributed by atoms with E-state index in [-0.39, 0.29) is 11.7 Å². The van der Waals surface area contributed by atoms with Crippen molar-refractivity contribution in [3.8, 4) is 5.75 Å². The molecule has 1 N–H and O–H groups in total. The van der Waals surface area contributed by atoms with Crippen molar-refractivity contribution in [2.45, 2.75) is 19.9 Å². The molecular weight excluding hydrogens is 451 g/mol. The van der Waals surface area contributed by atoms with Crippen LogP contribution in [0.4, 0.5) is 5.00 Å². The average molecular weight is 470 g/mol. The molecule has 0 atom stereocenters. The summed E-state index contributed by atoms with van der Waals surface area (Å²) in [7, 11) is 2.07. The summed E-state index contributed by atoms with van der Waals surface area (Å²) in [5.74, 6) is -0.147. The lowest BCUT2D eigenvalue weighted by atomic mass is 10.0. The summed E-state index contributed by atoms with van der Waals surface area (Å²) in [6, 6.07) is 5.32. The van der Waals surface area contributed by atoms with Crippen LogP contribution in [0.3, 0.4) is 0 Å². The topological polar surface area (TPSA) is 62.1 Å². The Kier molecular flexibility index (Phi) is 5.75. The zero-order valence-electron chi connectivity index (χ0n) is 14.1. The monoisotopic (exact) mass is 470 g/mol. The van der Waals surface area contributed by atoms with Crippen LogP contribution in [-0.4, -0.2) is 42.4 Å². The molecule has 0 aliphatic carbocycles. The second kappa shape index (κ2) is 7.84. The number of fused-ring (bicyclic) bond motifs is 1. The van der Waals surface area contributed by atoms with Crippen molar-refractivity contribution in [3.63, 3.8) is 0 Å². The van der Waals surface area contributed by atoms with Crippen molar-refractivity contribution in [2.24, 2.45) is 4.99 Å². The van der Waals surface area contributed by atoms with E-state index in [1.807, 2.05) is 12.1 Å². The maximum absolute atomic E-state index is 12.5. The normalized spacial score (nSPS) is 14.7. The number of phenols is 1. The quantitative estimate of drug-likeness (QED) is 0.418. The lowest BCUT2D eigenvalue weighted by Gasteiger charge is -2.22. The molecule has 132 valence electrons. The molecule has 1 aliphatic heterocycles. The van der Waals surface area contributed by atoms with Gasteiger partial charge in [0.2, 0.25) is 0 Å². The van der Waals surface area contributed by atoms with Gasteiger partial charge in [-0.1, -0.05) is 0 Å². The van der Waals surface area contributed by atoms with Crippen LogP contribution >= 0.6 is 33.9 Å². The highest BCUT2D eigenvalue weighted by atomic mass is 127. The number of hydrogen-bond donors (Lipinski definition) is 1. The van der Waals surface area contributed by atoms with Crippen LogP contribution < -0.4 is 0 Å². The SMILES string of the molecule is CCOC(=O)c1c(/N=C/c2cc(I)ccc2O)sc2c1CCN(C)C2. The second-order valence-electron chi connectivity index (χ2n) is 5.85. The van der Waals surface area contributed by atoms with Crippen LogP contribution in [0.2, 0.25) is 0 Å². The van der Waals surface area contributed by atoms with E-state index in [4.69, 9.17) is 4.74 Å². The van der Waals surface area contributed by atoms with Gasteiger partial charge in [-0.2, -0.15) is 0 Å². The zero-order valence-corrected chi connectivity index (χ0v) is 17.1. The van der Waals surface area contributed by atoms with Gasteiger partial charge in [-0.15, -0.1) is 11.3 Å². The summed E-state index contributed by atoms with van der Waals surface area (Å²) < 4.78 is 6.25. The number of nitrogens with zero attached hydrogens (tertiary/aromatic N) is 2. The lowest BCUT2D eigenvalue weighted by Crippen LogP contribution is -2.26. The minimum absolute atomic E-state index is 0.169. The molecule has 0 saturated heterocycles. The molecule has 1 aromatic heterocycles. The van der Waals surface area contributed by atoms with Crippen molar-refractivity contribution in [3.05, 3.63) is 43.3 Å². The molecule has 1 aromatic carbocycles. The van der Waals surface area contributed by atoms with E-state index < -0.39 is 0 Å². The van der Waals surface area contributed by atoms with Crippen LogP contribution in [-0.2, 0) is 17.7 Å². The molecular formula is C18H19IN2O3S. The first-order chi connectivity index (χ1) is 12.0. The Balaban J connectivity index is 2.01. The minimum Gasteiger partial charge on any atom is -0.507 e. The van der Waals surface area contributed by atoms with Gasteiger partial charge in [0, 0.05) is 33.3 Å². The van der Waals surface area contributed by atoms with Gasteiger partial charge in [0.15, 0.2) is 0 Å². The number of carbonyl (C=O) groups excluding carboxylic acids is 1. The summed E-state index contributed by atoms with van der Waals surface area (Å²) in [5.41, 5.74) is 2.27. The van der Waals surface area contributed by atoms with Crippen LogP contribution in [0, 0.1) is 3.57 Å². The summed E-state index contributed by atoms with van der Waals surface area (Å²) in [4.78, 5) is 20.4. The van der Waals surface area contributed by atoms with Gasteiger partial charge in [-0.3, -0.25) is 0 Å². The first kappa shape index (κ1) is 18.3. The second-order valence-corrected chi connectivity index (χ2v) is 8.18. The Bertz CT molecular complexity index is 832. The van der Waals surface area contributed by atoms with Crippen LogP contribution in [0.1, 0.15) is 33.3 Å². The Labute approximate surface area is 164 Å². The fraction of sp³-hybridized carbons (Fsp3) is 0.333. The fourth-order valence-corrected chi connectivity index (χ4v) is 4.55. The zero-order chi connectivity index (χ0) is 18.0. The van der Waals surface area contributed by atoms with Crippen molar-refractivity contribution in [2.75, 3.05) is 20.2 Å². The highest BCUT2D eigenvalue weighted by molar-refractivity contribution is 14.1. The number of aliphatic imine (C=N–C) groups is 1. The number of aromatic hydroxyl groups is 1. The van der Waals surface area contributed by atoms with E-state index in [0.29, 0.717) is 22.7 Å². The van der Waals surface area contributed by atoms with Gasteiger partial charge in [-0.05, 0) is 66.7 Å². The van der Waals surface area contributed by atoms with Crippen LogP contribution in [0.15, 0.2) is 23.2 Å². The molecule has 0 unspecified atom stereocenters. The first-order valence-electron chi connectivity index (χ1n) is 8.02. The third-order valence-electron chi connectivity index (χ3n) is 4.02. The van der Waals surface area contributed by atoms with Crippen molar-refractivity contribution in [1.29, 1.82) is 0 Å². The van der Waals surface area contributed by atoms with Gasteiger partial charge in [0.25, 0.3) is 0 Å². The van der Waals surface area contributed by atoms with E-state index >= 15 is 0 Å². The summed E-state index contributed by atoms with van der Waals surface area (Å²) in [6.45, 7) is 3.87. The van der Waals surface area contributed by atoms with Gasteiger partial charge in [-0.25, -0.2) is 9.79 Å². The smallest absolute Gasteiger partial charge is 0.341 e. The number of carbonyl (C=O) groups is 1. The van der Waals surface area contributed by atoms with Gasteiger partial charge < -0.3 is 14.7 Å². The van der Waals surface area contributed by atoms with Crippen molar-refractivity contribution >= 4 is 51.1 Å². The maximum atomic E-state index is 12.5. The molecule has 3 rings (SSSR count). The molecule has 1 aliphatic rings. The van der Waals surface area contributed by atoms with Crippen LogP contribution in [0.25, 0.3) is 0 Å². The molecule has 0 fully saturated rings. The van der Waals surface area contributed by atoms with E-state index in [0.717, 1.165) is 33.5 Å². The summed E-state index contributed by atoms with van der Waals surface area (Å²) in [6.07, 6.45) is 2.43. The van der Waals surface area contributed by atoms with Crippen LogP contribution in [0.5, 0.6) is 5.75 Å². The predicted octanol–water partition coefficient (Wildman–Crippen LogP) is 3.97. The van der Waals surface area contributed by atoms with Crippen molar-refractivity contribution < 1.29 is 14.6 Å². The molecule has 2 heterocycles. The average Bonchev–Trinajstić information content (AvgIpc) is 2.93. The number of rotatable bonds is 4. The van der Waals surface area contributed by atoms with E-state index in [1.165, 1.54) is 11.3 Å². The lowest BCUT2D eigenvalue weighted by molar-refractivity contribution is 0.0526. The molecule has 5 nitrogen and oxygen atoms in total. The number of thiophene rings is 1. The summed E-state index contributed by atoms with van der Waals surface area (Å²) in [5, 5.41) is 10.6. The number of likely N-dealkylation sites (N-methyl/N-ethyl adjacent to an activating group) is 1. The number of phenolic OH excluding ortho intramolecular Hbond substituents is 1. The van der Waals surface area contributed by atoms with Gasteiger partial charge >= 0.3 is 5.97 Å². The highest BCUT2D eigenvalue weighted by Gasteiger charge is 2.27. The summed E-state index contributed by atoms with van der Waals surface area (Å²) >= 11 is 3.71. The maximum Gasteiger partial charge on any atom is 0.341 e. The standard InChI is InChI=1S/C18H19IN2O3S/c1-3-24-18(23)16-13-6-7-21(2)10-15(13)25-17(16)20-9-11-8-12(19)4-5-14(11)22/h4-5,8-9,22H,3,6-7,10H2,1-2H3/b20-9+. The molecule has 0 bridgehead atoms. The van der Waals surface area contributed by atoms with E-state index in [2.05, 4.69) is 39.5 Å². The third-order valence-corrected chi connectivity index (χ3v) is 5.81.